The lowest BCUT2D eigenvalue weighted by Gasteiger charge is -2.12. The van der Waals surface area contributed by atoms with Gasteiger partial charge < -0.3 is 15.9 Å². The van der Waals surface area contributed by atoms with Crippen molar-refractivity contribution >= 4 is 12.0 Å². The van der Waals surface area contributed by atoms with Gasteiger partial charge in [0.15, 0.2) is 0 Å². The summed E-state index contributed by atoms with van der Waals surface area (Å²) in [4.78, 5) is 10.1. The Kier molecular flexibility index (Phi) is 6.86. The maximum absolute atomic E-state index is 10.1. The van der Waals surface area contributed by atoms with Crippen LogP contribution in [0.3, 0.4) is 0 Å². The number of carboxylic acid groups (broad SMARTS) is 1. The van der Waals surface area contributed by atoms with Gasteiger partial charge in [-0.15, -0.1) is 0 Å². The summed E-state index contributed by atoms with van der Waals surface area (Å²) in [5, 5.41) is 16.6. The fourth-order valence-electron chi connectivity index (χ4n) is 0.732. The Balaban J connectivity index is 0.000000366. The fourth-order valence-corrected chi connectivity index (χ4v) is 0.732. The topological polar surface area (TPSA) is 83.5 Å². The van der Waals surface area contributed by atoms with Gasteiger partial charge in [-0.2, -0.15) is 0 Å². The van der Waals surface area contributed by atoms with Gasteiger partial charge in [-0.3, -0.25) is 0 Å². The van der Waals surface area contributed by atoms with Crippen molar-refractivity contribution in [2.45, 2.75) is 19.4 Å². The molecule has 0 aliphatic carbocycles. The van der Waals surface area contributed by atoms with E-state index in [0.29, 0.717) is 0 Å². The summed E-state index contributed by atoms with van der Waals surface area (Å²) in [6.07, 6.45) is 2.68. The minimum Gasteiger partial charge on any atom is -0.478 e. The van der Waals surface area contributed by atoms with E-state index in [2.05, 4.69) is 0 Å². The van der Waals surface area contributed by atoms with Gasteiger partial charge in [0.05, 0.1) is 6.61 Å². The molecule has 0 aliphatic heterocycles. The van der Waals surface area contributed by atoms with Gasteiger partial charge in [0, 0.05) is 11.6 Å². The summed E-state index contributed by atoms with van der Waals surface area (Å²) < 4.78 is 0. The molecule has 0 bridgehead atoms. The molecule has 0 fully saturated rings. The van der Waals surface area contributed by atoms with Gasteiger partial charge in [-0.1, -0.05) is 30.3 Å². The summed E-state index contributed by atoms with van der Waals surface area (Å²) in [7, 11) is 0. The van der Waals surface area contributed by atoms with Crippen molar-refractivity contribution in [3.63, 3.8) is 0 Å². The lowest BCUT2D eigenvalue weighted by atomic mass is 10.1. The number of rotatable bonds is 3. The van der Waals surface area contributed by atoms with Gasteiger partial charge in [0.25, 0.3) is 0 Å². The second-order valence-electron chi connectivity index (χ2n) is 4.23. The van der Waals surface area contributed by atoms with E-state index in [0.717, 1.165) is 11.6 Å². The summed E-state index contributed by atoms with van der Waals surface area (Å²) in [6.45, 7) is 3.59. The highest BCUT2D eigenvalue weighted by Crippen LogP contribution is 1.99. The number of aliphatic carboxylic acids is 1. The maximum atomic E-state index is 10.1. The van der Waals surface area contributed by atoms with Crippen LogP contribution in [-0.2, 0) is 4.79 Å². The average molecular weight is 237 g/mol. The highest BCUT2D eigenvalue weighted by molar-refractivity contribution is 5.85. The van der Waals surface area contributed by atoms with E-state index in [1.807, 2.05) is 30.3 Å². The first kappa shape index (κ1) is 15.4. The van der Waals surface area contributed by atoms with Crippen molar-refractivity contribution in [2.24, 2.45) is 5.73 Å². The fraction of sp³-hybridized carbons (Fsp3) is 0.308. The highest BCUT2D eigenvalue weighted by Gasteiger charge is 2.05. The standard InChI is InChI=1S/C9H8O2.C4H11NO/c10-9(11)7-6-8-4-2-1-3-5-8;1-4(2,5)3-6/h1-7H,(H,10,11);6H,3,5H2,1-2H3. The van der Waals surface area contributed by atoms with Crippen LogP contribution < -0.4 is 5.73 Å². The van der Waals surface area contributed by atoms with Crippen molar-refractivity contribution in [3.8, 4) is 0 Å². The molecule has 0 unspecified atom stereocenters. The predicted octanol–water partition coefficient (Wildman–Crippen LogP) is 1.50. The van der Waals surface area contributed by atoms with E-state index in [1.165, 1.54) is 0 Å². The summed E-state index contributed by atoms with van der Waals surface area (Å²) in [5.41, 5.74) is 5.78. The van der Waals surface area contributed by atoms with Crippen molar-refractivity contribution in [2.75, 3.05) is 6.61 Å². The molecule has 0 aliphatic rings. The average Bonchev–Trinajstić information content (AvgIpc) is 2.28. The third kappa shape index (κ3) is 10.6. The van der Waals surface area contributed by atoms with Crippen LogP contribution in [0.25, 0.3) is 6.08 Å². The molecule has 1 rings (SSSR count). The molecule has 1 aromatic carbocycles. The van der Waals surface area contributed by atoms with Crippen molar-refractivity contribution in [3.05, 3.63) is 42.0 Å². The van der Waals surface area contributed by atoms with Gasteiger partial charge in [0.2, 0.25) is 0 Å². The van der Waals surface area contributed by atoms with Crippen LogP contribution in [-0.4, -0.2) is 28.3 Å². The number of nitrogens with two attached hydrogens (primary N) is 1. The molecule has 0 amide bonds. The lowest BCUT2D eigenvalue weighted by Crippen LogP contribution is -2.35. The molecule has 94 valence electrons. The smallest absolute Gasteiger partial charge is 0.328 e. The number of carboxylic acids is 1. The van der Waals surface area contributed by atoms with Crippen molar-refractivity contribution in [1.29, 1.82) is 0 Å². The lowest BCUT2D eigenvalue weighted by molar-refractivity contribution is -0.131. The highest BCUT2D eigenvalue weighted by atomic mass is 16.4. The molecule has 0 radical (unpaired) electrons. The zero-order valence-electron chi connectivity index (χ0n) is 10.1. The Morgan fingerprint density at radius 1 is 1.35 bits per heavy atom. The summed E-state index contributed by atoms with van der Waals surface area (Å²) in [6, 6.07) is 9.31. The predicted molar refractivity (Wildman–Crippen MR) is 68.5 cm³/mol. The van der Waals surface area contributed by atoms with Crippen molar-refractivity contribution in [1.82, 2.24) is 0 Å². The molecular weight excluding hydrogens is 218 g/mol. The second kappa shape index (κ2) is 7.60. The van der Waals surface area contributed by atoms with E-state index >= 15 is 0 Å². The number of hydrogen-bond acceptors (Lipinski definition) is 3. The first-order valence-electron chi connectivity index (χ1n) is 5.21. The van der Waals surface area contributed by atoms with Crippen molar-refractivity contribution < 1.29 is 15.0 Å². The van der Waals surface area contributed by atoms with Crippen LogP contribution in [0.4, 0.5) is 0 Å². The maximum Gasteiger partial charge on any atom is 0.328 e. The number of hydrogen-bond donors (Lipinski definition) is 3. The number of aliphatic hydroxyl groups is 1. The van der Waals surface area contributed by atoms with E-state index < -0.39 is 11.5 Å². The van der Waals surface area contributed by atoms with Gasteiger partial charge in [-0.05, 0) is 25.5 Å². The van der Waals surface area contributed by atoms with Crippen LogP contribution >= 0.6 is 0 Å². The Hall–Kier alpha value is -1.65. The van der Waals surface area contributed by atoms with E-state index in [-0.39, 0.29) is 6.61 Å². The first-order chi connectivity index (χ1) is 7.85. The minimum atomic E-state index is -0.922. The van der Waals surface area contributed by atoms with E-state index in [1.54, 1.807) is 19.9 Å². The van der Waals surface area contributed by atoms with Crippen LogP contribution in [0.2, 0.25) is 0 Å². The molecular formula is C13H19NO3. The Morgan fingerprint density at radius 3 is 2.18 bits per heavy atom. The molecule has 0 saturated carbocycles. The third-order valence-electron chi connectivity index (χ3n) is 1.63. The van der Waals surface area contributed by atoms with E-state index in [4.69, 9.17) is 15.9 Å². The molecule has 0 spiro atoms. The molecule has 1 aromatic rings. The monoisotopic (exact) mass is 237 g/mol. The minimum absolute atomic E-state index is 0.0486. The van der Waals surface area contributed by atoms with Crippen LogP contribution in [0.15, 0.2) is 36.4 Å². The Morgan fingerprint density at radius 2 is 1.82 bits per heavy atom. The Bertz CT molecular complexity index is 353. The molecule has 4 heteroatoms. The zero-order valence-corrected chi connectivity index (χ0v) is 10.1. The van der Waals surface area contributed by atoms with E-state index in [9.17, 15) is 4.79 Å². The quantitative estimate of drug-likeness (QED) is 0.696. The largest absolute Gasteiger partial charge is 0.478 e. The van der Waals surface area contributed by atoms with Gasteiger partial charge >= 0.3 is 5.97 Å². The summed E-state index contributed by atoms with van der Waals surface area (Å²) >= 11 is 0. The number of carbonyl (C=O) groups is 1. The zero-order chi connectivity index (χ0) is 13.3. The SMILES string of the molecule is CC(C)(N)CO.O=C(O)C=Cc1ccccc1. The molecule has 17 heavy (non-hydrogen) atoms. The van der Waals surface area contributed by atoms with Crippen LogP contribution in [0.5, 0.6) is 0 Å². The van der Waals surface area contributed by atoms with Gasteiger partial charge in [0.1, 0.15) is 0 Å². The molecule has 0 heterocycles. The summed E-state index contributed by atoms with van der Waals surface area (Å²) in [5.74, 6) is -0.922. The van der Waals surface area contributed by atoms with Gasteiger partial charge in [-0.25, -0.2) is 4.79 Å². The molecule has 0 saturated heterocycles. The number of benzene rings is 1. The second-order valence-corrected chi connectivity index (χ2v) is 4.23. The molecule has 0 aromatic heterocycles. The normalized spacial score (nSPS) is 10.8. The third-order valence-corrected chi connectivity index (χ3v) is 1.63. The van der Waals surface area contributed by atoms with Crippen LogP contribution in [0, 0.1) is 0 Å². The molecule has 0 atom stereocenters. The number of aliphatic hydroxyl groups excluding tert-OH is 1. The molecule has 4 N–H and O–H groups in total. The Labute approximate surface area is 101 Å². The van der Waals surface area contributed by atoms with Crippen LogP contribution in [0.1, 0.15) is 19.4 Å². The first-order valence-corrected chi connectivity index (χ1v) is 5.21. The molecule has 4 nitrogen and oxygen atoms in total.